The van der Waals surface area contributed by atoms with E-state index in [1.807, 2.05) is 20.1 Å². The Hall–Kier alpha value is -2.30. The zero-order valence-electron chi connectivity index (χ0n) is 19.2. The molecule has 5 heteroatoms. The summed E-state index contributed by atoms with van der Waals surface area (Å²) < 4.78 is 17.7. The quantitative estimate of drug-likeness (QED) is 0.506. The first kappa shape index (κ1) is 22.4. The zero-order valence-corrected chi connectivity index (χ0v) is 19.2. The Bertz CT molecular complexity index is 889. The fourth-order valence-electron chi connectivity index (χ4n) is 4.89. The summed E-state index contributed by atoms with van der Waals surface area (Å²) in [5.41, 5.74) is 3.48. The summed E-state index contributed by atoms with van der Waals surface area (Å²) in [7, 11) is 0. The minimum absolute atomic E-state index is 0.0241. The molecule has 1 saturated carbocycles. The van der Waals surface area contributed by atoms with Crippen molar-refractivity contribution in [3.05, 3.63) is 46.4 Å². The Labute approximate surface area is 179 Å². The lowest BCUT2D eigenvalue weighted by atomic mass is 9.54. The van der Waals surface area contributed by atoms with E-state index in [1.165, 1.54) is 11.1 Å². The molecule has 1 fully saturated rings. The van der Waals surface area contributed by atoms with Crippen LogP contribution in [0.25, 0.3) is 0 Å². The highest BCUT2D eigenvalue weighted by Gasteiger charge is 2.55. The number of carbonyl (C=O) groups is 2. The van der Waals surface area contributed by atoms with Crippen LogP contribution in [0.15, 0.2) is 34.0 Å². The van der Waals surface area contributed by atoms with Crippen LogP contribution in [0, 0.1) is 24.2 Å². The Kier molecular flexibility index (Phi) is 6.30. The van der Waals surface area contributed by atoms with Crippen LogP contribution < -0.4 is 0 Å². The molecule has 0 aliphatic heterocycles. The predicted molar refractivity (Wildman–Crippen MR) is 115 cm³/mol. The van der Waals surface area contributed by atoms with Crippen LogP contribution in [-0.2, 0) is 31.9 Å². The molecule has 1 aromatic rings. The summed E-state index contributed by atoms with van der Waals surface area (Å²) in [5.74, 6) is 0.642. The monoisotopic (exact) mass is 414 g/mol. The van der Waals surface area contributed by atoms with Crippen LogP contribution in [0.3, 0.4) is 0 Å². The third-order valence-electron chi connectivity index (χ3n) is 7.54. The molecule has 164 valence electrons. The van der Waals surface area contributed by atoms with Gasteiger partial charge in [-0.2, -0.15) is 0 Å². The average molecular weight is 415 g/mol. The van der Waals surface area contributed by atoms with Crippen molar-refractivity contribution < 1.29 is 23.5 Å². The summed E-state index contributed by atoms with van der Waals surface area (Å²) in [6.07, 6.45) is 6.68. The maximum atomic E-state index is 12.6. The van der Waals surface area contributed by atoms with E-state index in [2.05, 4.69) is 20.8 Å². The van der Waals surface area contributed by atoms with Crippen molar-refractivity contribution in [3.8, 4) is 0 Å². The van der Waals surface area contributed by atoms with E-state index in [-0.39, 0.29) is 29.2 Å². The first-order valence-corrected chi connectivity index (χ1v) is 10.9. The molecule has 0 spiro atoms. The number of esters is 2. The molecule has 5 atom stereocenters. The maximum absolute atomic E-state index is 12.6. The van der Waals surface area contributed by atoms with Gasteiger partial charge in [0.15, 0.2) is 0 Å². The van der Waals surface area contributed by atoms with Crippen LogP contribution in [-0.4, -0.2) is 24.1 Å². The number of rotatable bonds is 4. The largest absolute Gasteiger partial charge is 0.469 e. The second-order valence-corrected chi connectivity index (χ2v) is 9.19. The highest BCUT2D eigenvalue weighted by Crippen LogP contribution is 2.54. The van der Waals surface area contributed by atoms with Crippen molar-refractivity contribution in [2.45, 2.75) is 79.9 Å². The van der Waals surface area contributed by atoms with Crippen molar-refractivity contribution in [2.75, 3.05) is 0 Å². The van der Waals surface area contributed by atoms with Gasteiger partial charge in [0.05, 0.1) is 6.26 Å². The van der Waals surface area contributed by atoms with Crippen molar-refractivity contribution in [1.82, 2.24) is 0 Å². The van der Waals surface area contributed by atoms with Gasteiger partial charge in [0, 0.05) is 23.5 Å². The lowest BCUT2D eigenvalue weighted by Crippen LogP contribution is -2.57. The van der Waals surface area contributed by atoms with E-state index in [0.29, 0.717) is 17.6 Å². The molecule has 0 bridgehead atoms. The van der Waals surface area contributed by atoms with E-state index < -0.39 is 12.2 Å². The van der Waals surface area contributed by atoms with Crippen LogP contribution >= 0.6 is 0 Å². The van der Waals surface area contributed by atoms with E-state index >= 15 is 0 Å². The van der Waals surface area contributed by atoms with Crippen LogP contribution in [0.5, 0.6) is 0 Å². The van der Waals surface area contributed by atoms with Gasteiger partial charge in [-0.3, -0.25) is 0 Å². The van der Waals surface area contributed by atoms with Gasteiger partial charge in [-0.25, -0.2) is 9.59 Å². The van der Waals surface area contributed by atoms with Gasteiger partial charge in [0.25, 0.3) is 0 Å². The van der Waals surface area contributed by atoms with Crippen LogP contribution in [0.1, 0.15) is 64.9 Å². The third kappa shape index (κ3) is 3.86. The maximum Gasteiger partial charge on any atom is 0.333 e. The van der Waals surface area contributed by atoms with Gasteiger partial charge in [-0.15, -0.1) is 0 Å². The minimum atomic E-state index is -0.490. The molecule has 5 nitrogen and oxygen atoms in total. The van der Waals surface area contributed by atoms with E-state index in [9.17, 15) is 9.59 Å². The summed E-state index contributed by atoms with van der Waals surface area (Å²) >= 11 is 0. The van der Waals surface area contributed by atoms with Crippen molar-refractivity contribution >= 4 is 11.9 Å². The molecule has 0 unspecified atom stereocenters. The van der Waals surface area contributed by atoms with Gasteiger partial charge in [-0.1, -0.05) is 26.0 Å². The van der Waals surface area contributed by atoms with Gasteiger partial charge >= 0.3 is 11.9 Å². The Morgan fingerprint density at radius 3 is 2.33 bits per heavy atom. The minimum Gasteiger partial charge on any atom is -0.469 e. The highest BCUT2D eigenvalue weighted by molar-refractivity contribution is 5.88. The zero-order chi connectivity index (χ0) is 22.2. The summed E-state index contributed by atoms with van der Waals surface area (Å²) in [6, 6.07) is 0. The summed E-state index contributed by atoms with van der Waals surface area (Å²) in [4.78, 5) is 25.2. The number of allylic oxidation sites excluding steroid dienone is 2. The lowest BCUT2D eigenvalue weighted by molar-refractivity contribution is -0.188. The molecule has 2 aliphatic carbocycles. The topological polar surface area (TPSA) is 65.7 Å². The summed E-state index contributed by atoms with van der Waals surface area (Å²) in [6.45, 7) is 13.6. The SMILES string of the molecule is C/C=C(/C)C(=O)O[C@H]1[C@@H](OC(=O)/C(C)=C\C)C[C@@H]2Cc3occ(C)c3C[C@]2(C)[C@H]1C. The van der Waals surface area contributed by atoms with E-state index in [4.69, 9.17) is 13.9 Å². The molecule has 30 heavy (non-hydrogen) atoms. The van der Waals surface area contributed by atoms with Crippen molar-refractivity contribution in [2.24, 2.45) is 17.3 Å². The van der Waals surface area contributed by atoms with Gasteiger partial charge in [0.1, 0.15) is 18.0 Å². The number of carbonyl (C=O) groups excluding carboxylic acids is 2. The molecule has 2 aliphatic rings. The highest BCUT2D eigenvalue weighted by atomic mass is 16.6. The molecule has 0 radical (unpaired) electrons. The smallest absolute Gasteiger partial charge is 0.333 e. The molecule has 0 amide bonds. The van der Waals surface area contributed by atoms with Crippen molar-refractivity contribution in [3.63, 3.8) is 0 Å². The number of ether oxygens (including phenoxy) is 2. The molecule has 0 saturated heterocycles. The lowest BCUT2D eigenvalue weighted by Gasteiger charge is -2.53. The second kappa shape index (κ2) is 8.44. The number of aryl methyl sites for hydroxylation is 1. The Morgan fingerprint density at radius 2 is 1.73 bits per heavy atom. The van der Waals surface area contributed by atoms with Crippen LogP contribution in [0.4, 0.5) is 0 Å². The van der Waals surface area contributed by atoms with Crippen LogP contribution in [0.2, 0.25) is 0 Å². The first-order valence-electron chi connectivity index (χ1n) is 10.9. The van der Waals surface area contributed by atoms with Crippen molar-refractivity contribution in [1.29, 1.82) is 0 Å². The van der Waals surface area contributed by atoms with Gasteiger partial charge in [-0.05, 0) is 69.9 Å². The number of hydrogen-bond donors (Lipinski definition) is 0. The fraction of sp³-hybridized carbons (Fsp3) is 0.600. The fourth-order valence-corrected chi connectivity index (χ4v) is 4.89. The molecule has 0 aromatic carbocycles. The molecular weight excluding hydrogens is 380 g/mol. The third-order valence-corrected chi connectivity index (χ3v) is 7.54. The van der Waals surface area contributed by atoms with E-state index in [0.717, 1.165) is 18.6 Å². The standard InChI is InChI=1S/C25H34O5/c1-8-14(3)23(26)29-21-11-18-10-20-19(16(5)13-28-20)12-25(18,7)17(6)22(21)30-24(27)15(4)9-2/h8-9,13,17-18,21-22H,10-12H2,1-7H3/b14-8-,15-9-/t17-,18-,21-,22+,25+/m0/s1. The summed E-state index contributed by atoms with van der Waals surface area (Å²) in [5, 5.41) is 0. The Balaban J connectivity index is 1.95. The Morgan fingerprint density at radius 1 is 1.13 bits per heavy atom. The average Bonchev–Trinajstić information content (AvgIpc) is 3.07. The number of fused-ring (bicyclic) bond motifs is 2. The molecule has 3 rings (SSSR count). The van der Waals surface area contributed by atoms with Gasteiger partial charge in [0.2, 0.25) is 0 Å². The first-order chi connectivity index (χ1) is 14.1. The normalized spacial score (nSPS) is 31.6. The second-order valence-electron chi connectivity index (χ2n) is 9.19. The number of hydrogen-bond acceptors (Lipinski definition) is 5. The number of furan rings is 1. The molecular formula is C25H34O5. The van der Waals surface area contributed by atoms with Gasteiger partial charge < -0.3 is 13.9 Å². The predicted octanol–water partition coefficient (Wildman–Crippen LogP) is 5.10. The molecule has 1 aromatic heterocycles. The molecule has 0 N–H and O–H groups in total. The van der Waals surface area contributed by atoms with E-state index in [1.54, 1.807) is 26.0 Å². The molecule has 1 heterocycles.